The standard InChI is InChI=1S/C18H20O3/c1-2-18(10-6-3-7-11-18)14-15(19)12-8-4-5-9-13(12)16(20)17(14)21/h4-5,8-9,14H,2-3,6-7,10-11H2,1H3. The first-order chi connectivity index (χ1) is 10.1. The van der Waals surface area contributed by atoms with Crippen LogP contribution in [0.4, 0.5) is 0 Å². The van der Waals surface area contributed by atoms with Gasteiger partial charge < -0.3 is 0 Å². The molecule has 1 saturated carbocycles. The van der Waals surface area contributed by atoms with Crippen LogP contribution in [0.2, 0.25) is 0 Å². The van der Waals surface area contributed by atoms with Gasteiger partial charge in [-0.1, -0.05) is 50.5 Å². The van der Waals surface area contributed by atoms with Gasteiger partial charge in [-0.15, -0.1) is 0 Å². The molecule has 0 amide bonds. The molecule has 3 nitrogen and oxygen atoms in total. The van der Waals surface area contributed by atoms with Crippen molar-refractivity contribution in [1.29, 1.82) is 0 Å². The predicted molar refractivity (Wildman–Crippen MR) is 79.4 cm³/mol. The van der Waals surface area contributed by atoms with Crippen molar-refractivity contribution in [2.24, 2.45) is 11.3 Å². The first kappa shape index (κ1) is 14.2. The maximum absolute atomic E-state index is 12.9. The summed E-state index contributed by atoms with van der Waals surface area (Å²) in [7, 11) is 0. The summed E-state index contributed by atoms with van der Waals surface area (Å²) in [5, 5.41) is 0. The van der Waals surface area contributed by atoms with Crippen molar-refractivity contribution in [3.05, 3.63) is 35.4 Å². The summed E-state index contributed by atoms with van der Waals surface area (Å²) in [4.78, 5) is 37.8. The van der Waals surface area contributed by atoms with Gasteiger partial charge >= 0.3 is 0 Å². The molecule has 0 aliphatic heterocycles. The number of ketones is 3. The van der Waals surface area contributed by atoms with Crippen molar-refractivity contribution in [2.45, 2.75) is 45.4 Å². The van der Waals surface area contributed by atoms with Crippen LogP contribution in [0.3, 0.4) is 0 Å². The van der Waals surface area contributed by atoms with Gasteiger partial charge in [-0.25, -0.2) is 0 Å². The van der Waals surface area contributed by atoms with Crippen LogP contribution in [0.5, 0.6) is 0 Å². The molecule has 3 rings (SSSR count). The zero-order valence-electron chi connectivity index (χ0n) is 12.4. The van der Waals surface area contributed by atoms with Crippen molar-refractivity contribution >= 4 is 17.3 Å². The molecule has 1 aromatic rings. The molecule has 0 aromatic heterocycles. The molecule has 1 aromatic carbocycles. The maximum atomic E-state index is 12.9. The number of carbonyl (C=O) groups excluding carboxylic acids is 3. The van der Waals surface area contributed by atoms with Gasteiger partial charge in [-0.2, -0.15) is 0 Å². The first-order valence-corrected chi connectivity index (χ1v) is 7.82. The Kier molecular flexibility index (Phi) is 3.52. The molecule has 0 N–H and O–H groups in total. The van der Waals surface area contributed by atoms with Crippen LogP contribution in [0, 0.1) is 11.3 Å². The fourth-order valence-electron chi connectivity index (χ4n) is 4.09. The van der Waals surface area contributed by atoms with Crippen LogP contribution >= 0.6 is 0 Å². The molecule has 1 unspecified atom stereocenters. The Morgan fingerprint density at radius 1 is 0.952 bits per heavy atom. The topological polar surface area (TPSA) is 51.2 Å². The van der Waals surface area contributed by atoms with Gasteiger partial charge in [0.1, 0.15) is 0 Å². The minimum Gasteiger partial charge on any atom is -0.293 e. The quantitative estimate of drug-likeness (QED) is 0.615. The third-order valence-electron chi connectivity index (χ3n) is 5.35. The molecule has 21 heavy (non-hydrogen) atoms. The van der Waals surface area contributed by atoms with E-state index >= 15 is 0 Å². The largest absolute Gasteiger partial charge is 0.293 e. The number of carbonyl (C=O) groups is 3. The molecule has 0 radical (unpaired) electrons. The zero-order chi connectivity index (χ0) is 15.0. The van der Waals surface area contributed by atoms with Gasteiger partial charge in [0.2, 0.25) is 11.6 Å². The van der Waals surface area contributed by atoms with Crippen LogP contribution < -0.4 is 0 Å². The van der Waals surface area contributed by atoms with Gasteiger partial charge in [0.25, 0.3) is 0 Å². The van der Waals surface area contributed by atoms with Crippen LogP contribution in [0.15, 0.2) is 24.3 Å². The Hall–Kier alpha value is -1.77. The SMILES string of the molecule is CCC1(C2C(=O)C(=O)c3ccccc3C2=O)CCCCC1. The molecule has 2 aliphatic carbocycles. The fourth-order valence-corrected chi connectivity index (χ4v) is 4.09. The smallest absolute Gasteiger partial charge is 0.230 e. The number of hydrogen-bond donors (Lipinski definition) is 0. The second kappa shape index (κ2) is 5.21. The minimum absolute atomic E-state index is 0.140. The fraction of sp³-hybridized carbons (Fsp3) is 0.500. The molecular weight excluding hydrogens is 264 g/mol. The van der Waals surface area contributed by atoms with Crippen molar-refractivity contribution in [2.75, 3.05) is 0 Å². The van der Waals surface area contributed by atoms with Crippen LogP contribution in [-0.2, 0) is 4.79 Å². The van der Waals surface area contributed by atoms with Crippen molar-refractivity contribution in [3.63, 3.8) is 0 Å². The Bertz CT molecular complexity index is 609. The van der Waals surface area contributed by atoms with E-state index in [0.29, 0.717) is 5.56 Å². The normalized spacial score (nSPS) is 24.8. The minimum atomic E-state index is -0.759. The van der Waals surface area contributed by atoms with E-state index in [0.717, 1.165) is 38.5 Å². The summed E-state index contributed by atoms with van der Waals surface area (Å²) in [6, 6.07) is 6.73. The predicted octanol–water partition coefficient (Wildman–Crippen LogP) is 3.61. The highest BCUT2D eigenvalue weighted by Crippen LogP contribution is 2.48. The summed E-state index contributed by atoms with van der Waals surface area (Å²) >= 11 is 0. The number of benzene rings is 1. The molecule has 0 bridgehead atoms. The molecule has 3 heteroatoms. The molecule has 2 aliphatic rings. The van der Waals surface area contributed by atoms with Gasteiger partial charge in [0.15, 0.2) is 5.78 Å². The van der Waals surface area contributed by atoms with Crippen molar-refractivity contribution in [1.82, 2.24) is 0 Å². The number of rotatable bonds is 2. The Labute approximate surface area is 124 Å². The molecule has 110 valence electrons. The van der Waals surface area contributed by atoms with Crippen LogP contribution in [-0.4, -0.2) is 17.3 Å². The van der Waals surface area contributed by atoms with E-state index in [-0.39, 0.29) is 16.8 Å². The molecule has 0 saturated heterocycles. The lowest BCUT2D eigenvalue weighted by atomic mass is 9.59. The molecule has 1 atom stereocenters. The molecular formula is C18H20O3. The van der Waals surface area contributed by atoms with Crippen molar-refractivity contribution < 1.29 is 14.4 Å². The Morgan fingerprint density at radius 3 is 2.19 bits per heavy atom. The Balaban J connectivity index is 2.09. The number of Topliss-reactive ketones (excluding diaryl/α,β-unsaturated/α-hetero) is 3. The second-order valence-electron chi connectivity index (χ2n) is 6.31. The number of hydrogen-bond acceptors (Lipinski definition) is 3. The summed E-state index contributed by atoms with van der Waals surface area (Å²) in [6.07, 6.45) is 5.77. The summed E-state index contributed by atoms with van der Waals surface area (Å²) < 4.78 is 0. The first-order valence-electron chi connectivity index (χ1n) is 7.82. The van der Waals surface area contributed by atoms with E-state index in [1.807, 2.05) is 6.92 Å². The lowest BCUT2D eigenvalue weighted by molar-refractivity contribution is -0.122. The van der Waals surface area contributed by atoms with E-state index in [4.69, 9.17) is 0 Å². The third-order valence-corrected chi connectivity index (χ3v) is 5.35. The zero-order valence-corrected chi connectivity index (χ0v) is 12.4. The lowest BCUT2D eigenvalue weighted by Crippen LogP contribution is -2.48. The van der Waals surface area contributed by atoms with Gasteiger partial charge in [0.05, 0.1) is 5.92 Å². The van der Waals surface area contributed by atoms with Gasteiger partial charge in [0, 0.05) is 11.1 Å². The van der Waals surface area contributed by atoms with Crippen LogP contribution in [0.1, 0.15) is 66.2 Å². The van der Waals surface area contributed by atoms with E-state index in [1.54, 1.807) is 24.3 Å². The van der Waals surface area contributed by atoms with Gasteiger partial charge in [-0.3, -0.25) is 14.4 Å². The average molecular weight is 284 g/mol. The second-order valence-corrected chi connectivity index (χ2v) is 6.31. The average Bonchev–Trinajstić information content (AvgIpc) is 2.54. The van der Waals surface area contributed by atoms with Gasteiger partial charge in [-0.05, 0) is 24.7 Å². The van der Waals surface area contributed by atoms with E-state index in [2.05, 4.69) is 0 Å². The highest BCUT2D eigenvalue weighted by molar-refractivity contribution is 6.52. The molecule has 1 fully saturated rings. The highest BCUT2D eigenvalue weighted by atomic mass is 16.2. The highest BCUT2D eigenvalue weighted by Gasteiger charge is 2.51. The maximum Gasteiger partial charge on any atom is 0.230 e. The van der Waals surface area contributed by atoms with E-state index in [1.165, 1.54) is 0 Å². The third kappa shape index (κ3) is 2.06. The summed E-state index contributed by atoms with van der Waals surface area (Å²) in [5.74, 6) is -1.86. The van der Waals surface area contributed by atoms with E-state index in [9.17, 15) is 14.4 Å². The lowest BCUT2D eigenvalue weighted by Gasteiger charge is -2.42. The molecule has 0 heterocycles. The van der Waals surface area contributed by atoms with Crippen molar-refractivity contribution in [3.8, 4) is 0 Å². The Morgan fingerprint density at radius 2 is 1.57 bits per heavy atom. The van der Waals surface area contributed by atoms with E-state index < -0.39 is 17.5 Å². The summed E-state index contributed by atoms with van der Waals surface area (Å²) in [5.41, 5.74) is 0.409. The summed E-state index contributed by atoms with van der Waals surface area (Å²) in [6.45, 7) is 2.04. The van der Waals surface area contributed by atoms with Crippen LogP contribution in [0.25, 0.3) is 0 Å². The monoisotopic (exact) mass is 284 g/mol. The molecule has 0 spiro atoms. The number of fused-ring (bicyclic) bond motifs is 1.